The number of alkyl carbamates (subject to hydrolysis) is 1. The molecule has 0 aliphatic rings. The van der Waals surface area contributed by atoms with Crippen molar-refractivity contribution in [3.05, 3.63) is 59.7 Å². The summed E-state index contributed by atoms with van der Waals surface area (Å²) >= 11 is 0. The average Bonchev–Trinajstić information content (AvgIpc) is 2.71. The molecule has 0 spiro atoms. The van der Waals surface area contributed by atoms with Crippen LogP contribution >= 0.6 is 0 Å². The van der Waals surface area contributed by atoms with E-state index < -0.39 is 11.7 Å². The number of hydrogen-bond acceptors (Lipinski definition) is 4. The molecule has 0 bridgehead atoms. The molecule has 0 saturated heterocycles. The van der Waals surface area contributed by atoms with Gasteiger partial charge in [-0.15, -0.1) is 0 Å². The monoisotopic (exact) mass is 407 g/mol. The first kappa shape index (κ1) is 23.0. The molecule has 0 aliphatic heterocycles. The van der Waals surface area contributed by atoms with Gasteiger partial charge in [0, 0.05) is 24.9 Å². The largest absolute Gasteiger partial charge is 0.469 e. The van der Waals surface area contributed by atoms with E-state index in [0.29, 0.717) is 25.8 Å². The summed E-state index contributed by atoms with van der Waals surface area (Å²) < 4.78 is 9.86. The second-order valence-corrected chi connectivity index (χ2v) is 7.83. The molecule has 0 fully saturated rings. The minimum Gasteiger partial charge on any atom is -0.469 e. The van der Waals surface area contributed by atoms with Crippen LogP contribution in [-0.4, -0.2) is 31.3 Å². The molecule has 0 aromatic heterocycles. The Morgan fingerprint density at radius 2 is 1.77 bits per heavy atom. The van der Waals surface area contributed by atoms with Crippen molar-refractivity contribution in [3.63, 3.8) is 0 Å². The summed E-state index contributed by atoms with van der Waals surface area (Å²) in [5.74, 6) is 6.01. The Morgan fingerprint density at radius 1 is 1.03 bits per heavy atom. The number of ether oxygens (including phenoxy) is 2. The second-order valence-electron chi connectivity index (χ2n) is 7.83. The number of aryl methyl sites for hydroxylation is 1. The Hall–Kier alpha value is -3.26. The minimum absolute atomic E-state index is 0.202. The third kappa shape index (κ3) is 8.40. The number of rotatable bonds is 6. The van der Waals surface area contributed by atoms with Crippen molar-refractivity contribution >= 4 is 12.1 Å². The summed E-state index contributed by atoms with van der Waals surface area (Å²) in [6.07, 6.45) is 1.15. The highest BCUT2D eigenvalue weighted by Gasteiger charge is 2.15. The lowest BCUT2D eigenvalue weighted by molar-refractivity contribution is -0.140. The van der Waals surface area contributed by atoms with Crippen molar-refractivity contribution < 1.29 is 19.1 Å². The van der Waals surface area contributed by atoms with Crippen LogP contribution in [0.1, 0.15) is 44.7 Å². The lowest BCUT2D eigenvalue weighted by atomic mass is 10.0. The van der Waals surface area contributed by atoms with Crippen LogP contribution in [0.15, 0.2) is 48.5 Å². The van der Waals surface area contributed by atoms with Gasteiger partial charge in [0.15, 0.2) is 0 Å². The summed E-state index contributed by atoms with van der Waals surface area (Å²) in [6, 6.07) is 16.2. The highest BCUT2D eigenvalue weighted by Crippen LogP contribution is 2.21. The van der Waals surface area contributed by atoms with Crippen LogP contribution in [0.2, 0.25) is 0 Å². The maximum absolute atomic E-state index is 11.6. The molecule has 0 radical (unpaired) electrons. The molecule has 0 saturated carbocycles. The quantitative estimate of drug-likeness (QED) is 0.427. The van der Waals surface area contributed by atoms with Gasteiger partial charge < -0.3 is 14.8 Å². The highest BCUT2D eigenvalue weighted by molar-refractivity contribution is 5.70. The van der Waals surface area contributed by atoms with Crippen molar-refractivity contribution in [2.24, 2.45) is 0 Å². The predicted octanol–water partition coefficient (Wildman–Crippen LogP) is 4.73. The van der Waals surface area contributed by atoms with E-state index in [1.165, 1.54) is 7.11 Å². The standard InChI is InChI=1S/C25H29NO4/c1-25(2,3)30-24(28)26-17-6-5-8-20-9-7-10-22(18-20)21-14-11-19(12-15-21)13-16-23(27)29-4/h7,9-12,14-15,18H,6,13,16-17H2,1-4H3,(H,26,28). The van der Waals surface area contributed by atoms with Gasteiger partial charge in [0.25, 0.3) is 0 Å². The zero-order chi connectivity index (χ0) is 22.0. The van der Waals surface area contributed by atoms with Gasteiger partial charge in [-0.1, -0.05) is 48.2 Å². The van der Waals surface area contributed by atoms with E-state index in [1.54, 1.807) is 0 Å². The zero-order valence-corrected chi connectivity index (χ0v) is 18.1. The first-order valence-electron chi connectivity index (χ1n) is 9.99. The Bertz CT molecular complexity index is 915. The van der Waals surface area contributed by atoms with Gasteiger partial charge in [-0.3, -0.25) is 4.79 Å². The Balaban J connectivity index is 1.90. The molecule has 158 valence electrons. The Labute approximate surface area is 178 Å². The van der Waals surface area contributed by atoms with E-state index >= 15 is 0 Å². The van der Waals surface area contributed by atoms with Crippen molar-refractivity contribution in [2.75, 3.05) is 13.7 Å². The molecule has 0 unspecified atom stereocenters. The fourth-order valence-corrected chi connectivity index (χ4v) is 2.69. The SMILES string of the molecule is COC(=O)CCc1ccc(-c2cccc(C#CCCNC(=O)OC(C)(C)C)c2)cc1. The number of esters is 1. The van der Waals surface area contributed by atoms with Gasteiger partial charge in [-0.25, -0.2) is 4.79 Å². The van der Waals surface area contributed by atoms with Gasteiger partial charge in [0.05, 0.1) is 7.11 Å². The molecule has 2 aromatic rings. The van der Waals surface area contributed by atoms with Crippen molar-refractivity contribution in [1.29, 1.82) is 0 Å². The maximum atomic E-state index is 11.6. The molecule has 2 rings (SSSR count). The fourth-order valence-electron chi connectivity index (χ4n) is 2.69. The lowest BCUT2D eigenvalue weighted by Crippen LogP contribution is -2.32. The fraction of sp³-hybridized carbons (Fsp3) is 0.360. The van der Waals surface area contributed by atoms with Crippen molar-refractivity contribution in [3.8, 4) is 23.0 Å². The summed E-state index contributed by atoms with van der Waals surface area (Å²) in [6.45, 7) is 5.93. The Kier molecular flexibility index (Phi) is 8.49. The van der Waals surface area contributed by atoms with E-state index in [4.69, 9.17) is 4.74 Å². The smallest absolute Gasteiger partial charge is 0.407 e. The zero-order valence-electron chi connectivity index (χ0n) is 18.1. The third-order valence-corrected chi connectivity index (χ3v) is 4.15. The summed E-state index contributed by atoms with van der Waals surface area (Å²) in [4.78, 5) is 22.9. The number of amides is 1. The maximum Gasteiger partial charge on any atom is 0.407 e. The number of benzene rings is 2. The van der Waals surface area contributed by atoms with E-state index in [-0.39, 0.29) is 5.97 Å². The molecule has 5 heteroatoms. The highest BCUT2D eigenvalue weighted by atomic mass is 16.6. The molecule has 0 heterocycles. The van der Waals surface area contributed by atoms with Crippen LogP contribution < -0.4 is 5.32 Å². The normalized spacial score (nSPS) is 10.5. The van der Waals surface area contributed by atoms with Gasteiger partial charge in [0.2, 0.25) is 0 Å². The Morgan fingerprint density at radius 3 is 2.43 bits per heavy atom. The van der Waals surface area contributed by atoms with Gasteiger partial charge in [-0.05, 0) is 56.0 Å². The van der Waals surface area contributed by atoms with Crippen LogP contribution in [0.3, 0.4) is 0 Å². The number of carbonyl (C=O) groups is 2. The molecule has 30 heavy (non-hydrogen) atoms. The second kappa shape index (κ2) is 11.1. The molecular formula is C25H29NO4. The van der Waals surface area contributed by atoms with E-state index in [9.17, 15) is 9.59 Å². The average molecular weight is 408 g/mol. The minimum atomic E-state index is -0.504. The number of carbonyl (C=O) groups excluding carboxylic acids is 2. The molecule has 0 atom stereocenters. The van der Waals surface area contributed by atoms with E-state index in [1.807, 2.05) is 69.3 Å². The van der Waals surface area contributed by atoms with E-state index in [0.717, 1.165) is 22.3 Å². The van der Waals surface area contributed by atoms with Crippen LogP contribution in [0.25, 0.3) is 11.1 Å². The van der Waals surface area contributed by atoms with Gasteiger partial charge in [0.1, 0.15) is 5.60 Å². The van der Waals surface area contributed by atoms with Gasteiger partial charge >= 0.3 is 12.1 Å². The van der Waals surface area contributed by atoms with Crippen molar-refractivity contribution in [1.82, 2.24) is 5.32 Å². The number of hydrogen-bond donors (Lipinski definition) is 1. The lowest BCUT2D eigenvalue weighted by Gasteiger charge is -2.19. The summed E-state index contributed by atoms with van der Waals surface area (Å²) in [7, 11) is 1.40. The van der Waals surface area contributed by atoms with Crippen LogP contribution in [0, 0.1) is 11.8 Å². The molecule has 1 amide bonds. The summed E-state index contributed by atoms with van der Waals surface area (Å²) in [5, 5.41) is 2.70. The first-order valence-corrected chi connectivity index (χ1v) is 9.99. The third-order valence-electron chi connectivity index (χ3n) is 4.15. The molecular weight excluding hydrogens is 378 g/mol. The number of nitrogens with one attached hydrogen (secondary N) is 1. The first-order chi connectivity index (χ1) is 14.3. The van der Waals surface area contributed by atoms with E-state index in [2.05, 4.69) is 21.9 Å². The topological polar surface area (TPSA) is 64.6 Å². The van der Waals surface area contributed by atoms with Crippen LogP contribution in [0.5, 0.6) is 0 Å². The van der Waals surface area contributed by atoms with Crippen LogP contribution in [-0.2, 0) is 20.7 Å². The molecule has 2 aromatic carbocycles. The summed E-state index contributed by atoms with van der Waals surface area (Å²) in [5.41, 5.74) is 3.67. The number of methoxy groups -OCH3 is 1. The van der Waals surface area contributed by atoms with Crippen molar-refractivity contribution in [2.45, 2.75) is 45.6 Å². The predicted molar refractivity (Wildman–Crippen MR) is 118 cm³/mol. The molecule has 5 nitrogen and oxygen atoms in total. The molecule has 0 aliphatic carbocycles. The molecule has 1 N–H and O–H groups in total. The van der Waals surface area contributed by atoms with Crippen LogP contribution in [0.4, 0.5) is 4.79 Å². The van der Waals surface area contributed by atoms with Gasteiger partial charge in [-0.2, -0.15) is 0 Å².